The van der Waals surface area contributed by atoms with Crippen LogP contribution in [-0.2, 0) is 0 Å². The number of hydrazine groups is 2. The third-order valence-corrected chi connectivity index (χ3v) is 5.84. The Kier molecular flexibility index (Phi) is 6.20. The van der Waals surface area contributed by atoms with Crippen LogP contribution in [0.5, 0.6) is 0 Å². The Bertz CT molecular complexity index is 1530. The lowest BCUT2D eigenvalue weighted by Gasteiger charge is -2.22. The SMILES string of the molecule is Cc1ncc(Nc2c(C#N)cnc3c(Cl)cc(N[C@H](C4=CNNN4)c4ccc(F)nc4)cc23)cc1F. The van der Waals surface area contributed by atoms with Gasteiger partial charge in [-0.2, -0.15) is 15.2 Å². The molecule has 1 atom stereocenters. The Morgan fingerprint density at radius 1 is 1.06 bits per heavy atom. The molecule has 0 amide bonds. The van der Waals surface area contributed by atoms with Crippen LogP contribution < -0.4 is 27.0 Å². The van der Waals surface area contributed by atoms with Gasteiger partial charge in [0.2, 0.25) is 5.95 Å². The Morgan fingerprint density at radius 2 is 1.92 bits per heavy atom. The molecule has 9 nitrogen and oxygen atoms in total. The van der Waals surface area contributed by atoms with Crippen molar-refractivity contribution in [2.24, 2.45) is 0 Å². The minimum atomic E-state index is -0.594. The van der Waals surface area contributed by atoms with Gasteiger partial charge < -0.3 is 21.5 Å². The number of aryl methyl sites for hydroxylation is 1. The molecular formula is C24H18ClF2N9. The molecule has 12 heteroatoms. The number of fused-ring (bicyclic) bond motifs is 1. The number of hydrogen-bond acceptors (Lipinski definition) is 9. The number of hydrogen-bond donors (Lipinski definition) is 5. The molecule has 4 heterocycles. The molecule has 1 aliphatic heterocycles. The highest BCUT2D eigenvalue weighted by molar-refractivity contribution is 6.36. The molecule has 0 saturated carbocycles. The molecule has 180 valence electrons. The molecule has 3 aromatic heterocycles. The first-order valence-electron chi connectivity index (χ1n) is 10.7. The van der Waals surface area contributed by atoms with E-state index in [0.29, 0.717) is 44.2 Å². The zero-order chi connectivity index (χ0) is 25.2. The van der Waals surface area contributed by atoms with E-state index in [1.807, 2.05) is 0 Å². The van der Waals surface area contributed by atoms with Gasteiger partial charge in [0.15, 0.2) is 0 Å². The van der Waals surface area contributed by atoms with E-state index >= 15 is 0 Å². The van der Waals surface area contributed by atoms with Gasteiger partial charge in [0.05, 0.1) is 51.1 Å². The number of rotatable bonds is 6. The van der Waals surface area contributed by atoms with E-state index in [1.165, 1.54) is 30.7 Å². The van der Waals surface area contributed by atoms with Crippen molar-refractivity contribution in [3.63, 3.8) is 0 Å². The Hall–Kier alpha value is -4.53. The number of benzene rings is 1. The van der Waals surface area contributed by atoms with Crippen molar-refractivity contribution in [1.82, 2.24) is 31.3 Å². The van der Waals surface area contributed by atoms with Crippen molar-refractivity contribution < 1.29 is 8.78 Å². The minimum absolute atomic E-state index is 0.240. The van der Waals surface area contributed by atoms with Crippen LogP contribution in [0, 0.1) is 30.0 Å². The number of nitrogens with zero attached hydrogens (tertiary/aromatic N) is 4. The van der Waals surface area contributed by atoms with E-state index in [9.17, 15) is 14.0 Å². The van der Waals surface area contributed by atoms with Gasteiger partial charge in [0.1, 0.15) is 11.9 Å². The van der Waals surface area contributed by atoms with E-state index in [0.717, 1.165) is 0 Å². The molecule has 0 radical (unpaired) electrons. The standard InChI is InChI=1S/C24H18ClF2N9/c1-12-19(26)6-16(10-29-12)34-22-14(7-28)9-31-24-17(22)4-15(5-18(24)25)33-23(20-11-32-36-35-20)13-2-3-21(27)30-8-13/h2-6,8-11,23,32-33,35-36H,1H3,(H,31,34)/t23-/m0/s1. The summed E-state index contributed by atoms with van der Waals surface area (Å²) >= 11 is 6.59. The number of pyridine rings is 3. The largest absolute Gasteiger partial charge is 0.373 e. The fourth-order valence-electron chi connectivity index (χ4n) is 3.76. The summed E-state index contributed by atoms with van der Waals surface area (Å²) in [5.41, 5.74) is 12.3. The maximum atomic E-state index is 14.1. The lowest BCUT2D eigenvalue weighted by Crippen LogP contribution is -2.34. The van der Waals surface area contributed by atoms with Gasteiger partial charge in [-0.1, -0.05) is 17.7 Å². The first kappa shape index (κ1) is 23.2. The van der Waals surface area contributed by atoms with Crippen LogP contribution >= 0.6 is 11.6 Å². The van der Waals surface area contributed by atoms with Crippen molar-refractivity contribution in [3.05, 3.63) is 94.4 Å². The number of nitrogens with one attached hydrogen (secondary N) is 5. The zero-order valence-electron chi connectivity index (χ0n) is 18.7. The molecule has 0 spiro atoms. The molecule has 36 heavy (non-hydrogen) atoms. The van der Waals surface area contributed by atoms with E-state index in [4.69, 9.17) is 11.6 Å². The van der Waals surface area contributed by atoms with Crippen LogP contribution in [0.4, 0.5) is 25.8 Å². The van der Waals surface area contributed by atoms with Gasteiger partial charge in [0.25, 0.3) is 0 Å². The smallest absolute Gasteiger partial charge is 0.212 e. The molecule has 0 unspecified atom stereocenters. The zero-order valence-corrected chi connectivity index (χ0v) is 19.5. The van der Waals surface area contributed by atoms with Crippen LogP contribution in [0.2, 0.25) is 5.02 Å². The van der Waals surface area contributed by atoms with E-state index in [-0.39, 0.29) is 11.3 Å². The number of anilines is 3. The van der Waals surface area contributed by atoms with Crippen molar-refractivity contribution in [1.29, 1.82) is 5.26 Å². The van der Waals surface area contributed by atoms with E-state index in [2.05, 4.69) is 48.0 Å². The highest BCUT2D eigenvalue weighted by atomic mass is 35.5. The lowest BCUT2D eigenvalue weighted by molar-refractivity contribution is 0.574. The average Bonchev–Trinajstić information content (AvgIpc) is 3.40. The summed E-state index contributed by atoms with van der Waals surface area (Å²) in [6.45, 7) is 1.56. The molecule has 1 aliphatic rings. The molecule has 0 bridgehead atoms. The molecule has 5 N–H and O–H groups in total. The first-order valence-corrected chi connectivity index (χ1v) is 11.1. The van der Waals surface area contributed by atoms with Crippen LogP contribution in [0.1, 0.15) is 22.9 Å². The normalized spacial score (nSPS) is 13.4. The predicted molar refractivity (Wildman–Crippen MR) is 132 cm³/mol. The maximum absolute atomic E-state index is 14.1. The maximum Gasteiger partial charge on any atom is 0.212 e. The molecule has 5 rings (SSSR count). The Balaban J connectivity index is 1.59. The third kappa shape index (κ3) is 4.55. The average molecular weight is 506 g/mol. The van der Waals surface area contributed by atoms with Crippen molar-refractivity contribution in [2.45, 2.75) is 13.0 Å². The number of nitriles is 1. The van der Waals surface area contributed by atoms with Gasteiger partial charge in [-0.25, -0.2) is 9.37 Å². The van der Waals surface area contributed by atoms with Crippen LogP contribution in [-0.4, -0.2) is 15.0 Å². The highest BCUT2D eigenvalue weighted by Crippen LogP contribution is 2.36. The minimum Gasteiger partial charge on any atom is -0.373 e. The molecular weight excluding hydrogens is 488 g/mol. The topological polar surface area (TPSA) is 123 Å². The third-order valence-electron chi connectivity index (χ3n) is 5.55. The summed E-state index contributed by atoms with van der Waals surface area (Å²) in [6.07, 6.45) is 6.02. The van der Waals surface area contributed by atoms with Crippen molar-refractivity contribution in [3.8, 4) is 6.07 Å². The molecule has 0 saturated heterocycles. The van der Waals surface area contributed by atoms with Gasteiger partial charge in [-0.3, -0.25) is 9.97 Å². The van der Waals surface area contributed by atoms with Gasteiger partial charge in [0, 0.05) is 35.7 Å². The van der Waals surface area contributed by atoms with Crippen LogP contribution in [0.15, 0.2) is 60.8 Å². The summed E-state index contributed by atoms with van der Waals surface area (Å²) < 4.78 is 27.6. The van der Waals surface area contributed by atoms with Crippen LogP contribution in [0.3, 0.4) is 0 Å². The highest BCUT2D eigenvalue weighted by Gasteiger charge is 2.21. The second-order valence-electron chi connectivity index (χ2n) is 7.91. The lowest BCUT2D eigenvalue weighted by atomic mass is 10.0. The van der Waals surface area contributed by atoms with E-state index < -0.39 is 17.8 Å². The Morgan fingerprint density at radius 3 is 2.61 bits per heavy atom. The van der Waals surface area contributed by atoms with Crippen molar-refractivity contribution >= 4 is 39.6 Å². The fourth-order valence-corrected chi connectivity index (χ4v) is 4.03. The van der Waals surface area contributed by atoms with Crippen LogP contribution in [0.25, 0.3) is 10.9 Å². The van der Waals surface area contributed by atoms with Gasteiger partial charge in [-0.15, -0.1) is 0 Å². The Labute approximate surface area is 209 Å². The summed E-state index contributed by atoms with van der Waals surface area (Å²) in [6, 6.07) is 9.30. The monoisotopic (exact) mass is 505 g/mol. The van der Waals surface area contributed by atoms with Gasteiger partial charge in [-0.05, 0) is 30.7 Å². The quantitative estimate of drug-likeness (QED) is 0.241. The summed E-state index contributed by atoms with van der Waals surface area (Å²) in [4.78, 5) is 12.1. The number of halogens is 3. The molecule has 4 aromatic rings. The molecule has 1 aromatic carbocycles. The first-order chi connectivity index (χ1) is 17.4. The summed E-state index contributed by atoms with van der Waals surface area (Å²) in [5.74, 6) is -1.07. The predicted octanol–water partition coefficient (Wildman–Crippen LogP) is 4.49. The summed E-state index contributed by atoms with van der Waals surface area (Å²) in [5, 5.41) is 17.0. The van der Waals surface area contributed by atoms with E-state index in [1.54, 1.807) is 31.3 Å². The number of aromatic nitrogens is 3. The second kappa shape index (κ2) is 9.61. The fraction of sp³-hybridized carbons (Fsp3) is 0.0833. The molecule has 0 fully saturated rings. The summed E-state index contributed by atoms with van der Waals surface area (Å²) in [7, 11) is 0. The van der Waals surface area contributed by atoms with Crippen molar-refractivity contribution in [2.75, 3.05) is 10.6 Å². The van der Waals surface area contributed by atoms with Gasteiger partial charge >= 0.3 is 0 Å². The molecule has 0 aliphatic carbocycles. The second-order valence-corrected chi connectivity index (χ2v) is 8.32.